The van der Waals surface area contributed by atoms with Gasteiger partial charge in [-0.1, -0.05) is 18.2 Å². The Bertz CT molecular complexity index is 335. The van der Waals surface area contributed by atoms with Crippen LogP contribution in [0.3, 0.4) is 0 Å². The molecule has 1 rings (SSSR count). The molecule has 0 bridgehead atoms. The van der Waals surface area contributed by atoms with Crippen molar-refractivity contribution in [3.8, 4) is 0 Å². The van der Waals surface area contributed by atoms with E-state index in [1.165, 1.54) is 0 Å². The van der Waals surface area contributed by atoms with Crippen LogP contribution >= 0.6 is 11.6 Å². The summed E-state index contributed by atoms with van der Waals surface area (Å²) in [5.74, 6) is -0.100. The molecule has 0 aromatic carbocycles. The maximum Gasteiger partial charge on any atom is 0.434 e. The lowest BCUT2D eigenvalue weighted by atomic mass is 10.4. The predicted octanol–water partition coefficient (Wildman–Crippen LogP) is 2.79. The van der Waals surface area contributed by atoms with Gasteiger partial charge in [0.2, 0.25) is 0 Å². The minimum Gasteiger partial charge on any atom is -0.236 e. The second kappa shape index (κ2) is 3.33. The van der Waals surface area contributed by atoms with Crippen LogP contribution in [0.2, 0.25) is 5.02 Å². The van der Waals surface area contributed by atoms with Crippen LogP contribution < -0.4 is 0 Å². The molecule has 0 N–H and O–H groups in total. The number of halogens is 4. The first-order valence-electron chi connectivity index (χ1n) is 3.17. The van der Waals surface area contributed by atoms with Crippen molar-refractivity contribution in [1.29, 1.82) is 0 Å². The molecule has 6 heteroatoms. The van der Waals surface area contributed by atoms with Gasteiger partial charge in [-0.3, -0.25) is 0 Å². The number of aromatic nitrogens is 2. The fourth-order valence-electron chi connectivity index (χ4n) is 0.678. The number of hydrogen-bond donors (Lipinski definition) is 0. The van der Waals surface area contributed by atoms with E-state index in [0.717, 1.165) is 12.3 Å². The van der Waals surface area contributed by atoms with Crippen LogP contribution in [0, 0.1) is 0 Å². The van der Waals surface area contributed by atoms with E-state index < -0.39 is 16.9 Å². The fourth-order valence-corrected chi connectivity index (χ4v) is 0.876. The standard InChI is InChI=1S/C7H4ClF3N2/c1-2-5-12-3-4(8)6(13-5)7(9,10)11/h2-3H,1H2. The second-order valence-electron chi connectivity index (χ2n) is 2.13. The SMILES string of the molecule is C=Cc1ncc(Cl)c(C(F)(F)F)n1. The average molecular weight is 209 g/mol. The predicted molar refractivity (Wildman–Crippen MR) is 42.1 cm³/mol. The van der Waals surface area contributed by atoms with Gasteiger partial charge in [-0.15, -0.1) is 0 Å². The third kappa shape index (κ3) is 2.18. The van der Waals surface area contributed by atoms with Gasteiger partial charge in [0.05, 0.1) is 11.2 Å². The lowest BCUT2D eigenvalue weighted by Crippen LogP contribution is -2.10. The summed E-state index contributed by atoms with van der Waals surface area (Å²) in [6, 6.07) is 0. The van der Waals surface area contributed by atoms with E-state index in [1.54, 1.807) is 0 Å². The molecule has 0 atom stereocenters. The minimum absolute atomic E-state index is 0.100. The van der Waals surface area contributed by atoms with Crippen LogP contribution in [0.15, 0.2) is 12.8 Å². The summed E-state index contributed by atoms with van der Waals surface area (Å²) in [6.45, 7) is 3.25. The van der Waals surface area contributed by atoms with Gasteiger partial charge in [0.25, 0.3) is 0 Å². The highest BCUT2D eigenvalue weighted by molar-refractivity contribution is 6.31. The lowest BCUT2D eigenvalue weighted by molar-refractivity contribution is -0.141. The third-order valence-electron chi connectivity index (χ3n) is 1.21. The van der Waals surface area contributed by atoms with E-state index in [1.807, 2.05) is 0 Å². The van der Waals surface area contributed by atoms with E-state index in [0.29, 0.717) is 0 Å². The topological polar surface area (TPSA) is 25.8 Å². The van der Waals surface area contributed by atoms with Crippen LogP contribution in [-0.4, -0.2) is 9.97 Å². The molecule has 0 amide bonds. The number of rotatable bonds is 1. The van der Waals surface area contributed by atoms with Crippen LogP contribution in [0.25, 0.3) is 6.08 Å². The summed E-state index contributed by atoms with van der Waals surface area (Å²) in [5, 5.41) is -0.516. The normalized spacial score (nSPS) is 11.4. The van der Waals surface area contributed by atoms with Crippen LogP contribution in [0.5, 0.6) is 0 Å². The first-order chi connectivity index (χ1) is 5.95. The zero-order chi connectivity index (χ0) is 10.1. The number of nitrogens with zero attached hydrogens (tertiary/aromatic N) is 2. The van der Waals surface area contributed by atoms with Crippen molar-refractivity contribution in [2.75, 3.05) is 0 Å². The van der Waals surface area contributed by atoms with Crippen molar-refractivity contribution in [2.45, 2.75) is 6.18 Å². The molecular formula is C7H4ClF3N2. The fraction of sp³-hybridized carbons (Fsp3) is 0.143. The molecule has 0 saturated carbocycles. The highest BCUT2D eigenvalue weighted by Gasteiger charge is 2.35. The molecule has 0 saturated heterocycles. The minimum atomic E-state index is -4.56. The van der Waals surface area contributed by atoms with E-state index in [-0.39, 0.29) is 5.82 Å². The summed E-state index contributed by atoms with van der Waals surface area (Å²) < 4.78 is 36.5. The smallest absolute Gasteiger partial charge is 0.236 e. The molecule has 2 nitrogen and oxygen atoms in total. The van der Waals surface area contributed by atoms with Crippen molar-refractivity contribution in [1.82, 2.24) is 9.97 Å². The zero-order valence-electron chi connectivity index (χ0n) is 6.27. The molecule has 0 aliphatic carbocycles. The molecule has 1 heterocycles. The Balaban J connectivity index is 3.27. The molecule has 0 radical (unpaired) electrons. The Labute approximate surface area is 77.1 Å². The molecule has 0 spiro atoms. The first-order valence-corrected chi connectivity index (χ1v) is 3.55. The van der Waals surface area contributed by atoms with Crippen molar-refractivity contribution in [3.63, 3.8) is 0 Å². The largest absolute Gasteiger partial charge is 0.434 e. The Kier molecular flexibility index (Phi) is 2.56. The molecule has 0 aliphatic rings. The maximum atomic E-state index is 12.2. The van der Waals surface area contributed by atoms with Crippen LogP contribution in [0.1, 0.15) is 11.5 Å². The summed E-state index contributed by atoms with van der Waals surface area (Å²) in [6.07, 6.45) is -2.54. The summed E-state index contributed by atoms with van der Waals surface area (Å²) in [4.78, 5) is 6.69. The van der Waals surface area contributed by atoms with Gasteiger partial charge >= 0.3 is 6.18 Å². The number of hydrogen-bond acceptors (Lipinski definition) is 2. The Morgan fingerprint density at radius 1 is 1.46 bits per heavy atom. The van der Waals surface area contributed by atoms with Gasteiger partial charge in [-0.25, -0.2) is 9.97 Å². The molecule has 13 heavy (non-hydrogen) atoms. The molecule has 0 fully saturated rings. The summed E-state index contributed by atoms with van der Waals surface area (Å²) in [5.41, 5.74) is -1.14. The lowest BCUT2D eigenvalue weighted by Gasteiger charge is -2.06. The third-order valence-corrected chi connectivity index (χ3v) is 1.49. The van der Waals surface area contributed by atoms with Gasteiger partial charge in [-0.2, -0.15) is 13.2 Å². The highest BCUT2D eigenvalue weighted by atomic mass is 35.5. The average Bonchev–Trinajstić information content (AvgIpc) is 2.03. The van der Waals surface area contributed by atoms with E-state index >= 15 is 0 Å². The van der Waals surface area contributed by atoms with Crippen LogP contribution in [0.4, 0.5) is 13.2 Å². The van der Waals surface area contributed by atoms with Gasteiger partial charge < -0.3 is 0 Å². The molecule has 70 valence electrons. The highest BCUT2D eigenvalue weighted by Crippen LogP contribution is 2.32. The van der Waals surface area contributed by atoms with Gasteiger partial charge in [0, 0.05) is 0 Å². The quantitative estimate of drug-likeness (QED) is 0.709. The maximum absolute atomic E-state index is 12.2. The van der Waals surface area contributed by atoms with Crippen molar-refractivity contribution < 1.29 is 13.2 Å². The van der Waals surface area contributed by atoms with Crippen LogP contribution in [-0.2, 0) is 6.18 Å². The molecule has 1 aromatic rings. The van der Waals surface area contributed by atoms with E-state index in [2.05, 4.69) is 16.5 Å². The summed E-state index contributed by atoms with van der Waals surface area (Å²) >= 11 is 5.26. The van der Waals surface area contributed by atoms with Crippen molar-refractivity contribution in [2.24, 2.45) is 0 Å². The van der Waals surface area contributed by atoms with Gasteiger partial charge in [0.15, 0.2) is 11.5 Å². The summed E-state index contributed by atoms with van der Waals surface area (Å²) in [7, 11) is 0. The van der Waals surface area contributed by atoms with Crippen molar-refractivity contribution in [3.05, 3.63) is 29.3 Å². The zero-order valence-corrected chi connectivity index (χ0v) is 7.02. The van der Waals surface area contributed by atoms with Gasteiger partial charge in [0.1, 0.15) is 0 Å². The van der Waals surface area contributed by atoms with Gasteiger partial charge in [-0.05, 0) is 6.08 Å². The monoisotopic (exact) mass is 208 g/mol. The first kappa shape index (κ1) is 9.98. The molecule has 0 aliphatic heterocycles. The van der Waals surface area contributed by atoms with Crippen molar-refractivity contribution >= 4 is 17.7 Å². The Hall–Kier alpha value is -1.10. The van der Waals surface area contributed by atoms with E-state index in [9.17, 15) is 13.2 Å². The second-order valence-corrected chi connectivity index (χ2v) is 2.53. The Morgan fingerprint density at radius 3 is 2.54 bits per heavy atom. The molecular weight excluding hydrogens is 205 g/mol. The Morgan fingerprint density at radius 2 is 2.08 bits per heavy atom. The van der Waals surface area contributed by atoms with E-state index in [4.69, 9.17) is 11.6 Å². The number of alkyl halides is 3. The molecule has 1 aromatic heterocycles. The molecule has 0 unspecified atom stereocenters.